The smallest absolute Gasteiger partial charge is 0.338 e. The normalized spacial score (nSPS) is 11.3. The van der Waals surface area contributed by atoms with Crippen LogP contribution in [0.4, 0.5) is 4.39 Å². The highest BCUT2D eigenvalue weighted by Crippen LogP contribution is 2.20. The van der Waals surface area contributed by atoms with E-state index in [0.29, 0.717) is 22.6 Å². The van der Waals surface area contributed by atoms with Crippen LogP contribution in [0, 0.1) is 5.82 Å². The van der Waals surface area contributed by atoms with Gasteiger partial charge in [-0.15, -0.1) is 0 Å². The minimum absolute atomic E-state index is 0.282. The molecule has 208 valence electrons. The Hall–Kier alpha value is -5.43. The first-order valence-electron chi connectivity index (χ1n) is 12.4. The van der Waals surface area contributed by atoms with E-state index < -0.39 is 11.9 Å². The van der Waals surface area contributed by atoms with Crippen LogP contribution in [0.3, 0.4) is 0 Å². The summed E-state index contributed by atoms with van der Waals surface area (Å²) in [6.07, 6.45) is 11.9. The number of rotatable bonds is 12. The van der Waals surface area contributed by atoms with Crippen molar-refractivity contribution in [1.82, 2.24) is 0 Å². The maximum Gasteiger partial charge on any atom is 0.338 e. The predicted octanol–water partition coefficient (Wildman–Crippen LogP) is 8.11. The van der Waals surface area contributed by atoms with Crippen molar-refractivity contribution in [3.05, 3.63) is 144 Å². The molecule has 0 bridgehead atoms. The highest BCUT2D eigenvalue weighted by atomic mass is 19.1. The van der Waals surface area contributed by atoms with E-state index in [-0.39, 0.29) is 17.0 Å². The summed E-state index contributed by atoms with van der Waals surface area (Å²) < 4.78 is 35.4. The highest BCUT2D eigenvalue weighted by molar-refractivity contribution is 5.87. The molecule has 0 aliphatic heterocycles. The Morgan fingerprint density at radius 3 is 1.56 bits per heavy atom. The van der Waals surface area contributed by atoms with E-state index in [1.165, 1.54) is 18.6 Å². The average Bonchev–Trinajstić information content (AvgIpc) is 2.96. The Kier molecular flexibility index (Phi) is 11.2. The molecular formula is C34H29FO6. The number of esters is 2. The lowest BCUT2D eigenvalue weighted by Gasteiger charge is -2.03. The van der Waals surface area contributed by atoms with Gasteiger partial charge in [0, 0.05) is 16.7 Å². The molecular weight excluding hydrogens is 523 g/mol. The molecule has 7 heteroatoms. The van der Waals surface area contributed by atoms with E-state index in [0.717, 1.165) is 23.7 Å². The van der Waals surface area contributed by atoms with Gasteiger partial charge in [-0.25, -0.2) is 14.0 Å². The monoisotopic (exact) mass is 552 g/mol. The number of benzene rings is 3. The molecule has 0 unspecified atom stereocenters. The van der Waals surface area contributed by atoms with Crippen molar-refractivity contribution in [1.29, 1.82) is 0 Å². The minimum atomic E-state index is -0.543. The number of ether oxygens (including phenoxy) is 4. The summed E-state index contributed by atoms with van der Waals surface area (Å²) in [5, 5.41) is 0. The van der Waals surface area contributed by atoms with E-state index >= 15 is 0 Å². The summed E-state index contributed by atoms with van der Waals surface area (Å²) in [6, 6.07) is 19.3. The van der Waals surface area contributed by atoms with Gasteiger partial charge in [0.05, 0.1) is 0 Å². The third kappa shape index (κ3) is 10.3. The van der Waals surface area contributed by atoms with Gasteiger partial charge < -0.3 is 18.9 Å². The van der Waals surface area contributed by atoms with Crippen LogP contribution < -0.4 is 9.47 Å². The minimum Gasteiger partial charge on any atom is -0.462 e. The van der Waals surface area contributed by atoms with Gasteiger partial charge >= 0.3 is 11.9 Å². The van der Waals surface area contributed by atoms with Crippen LogP contribution in [0.5, 0.6) is 11.5 Å². The van der Waals surface area contributed by atoms with Gasteiger partial charge in [0.15, 0.2) is 0 Å². The SMILES string of the molecule is C=C(C)C(=O)O/C=C\Oc1cccc(/C=C/c2ccc(/C=C/c3cccc(O/C=C\OC(=O)C(=C)C)c3)c(F)c2)c1. The Balaban J connectivity index is 1.59. The number of halogens is 1. The quantitative estimate of drug-likeness (QED) is 0.0978. The Labute approximate surface area is 238 Å². The second-order valence-electron chi connectivity index (χ2n) is 8.74. The molecule has 0 aromatic heterocycles. The summed E-state index contributed by atoms with van der Waals surface area (Å²) >= 11 is 0. The lowest BCUT2D eigenvalue weighted by Crippen LogP contribution is -1.99. The second kappa shape index (κ2) is 15.2. The van der Waals surface area contributed by atoms with Crippen molar-refractivity contribution in [3.8, 4) is 11.5 Å². The molecule has 6 nitrogen and oxygen atoms in total. The molecule has 0 atom stereocenters. The first-order chi connectivity index (χ1) is 19.7. The fourth-order valence-electron chi connectivity index (χ4n) is 3.14. The molecule has 0 spiro atoms. The topological polar surface area (TPSA) is 71.1 Å². The fourth-order valence-corrected chi connectivity index (χ4v) is 3.14. The van der Waals surface area contributed by atoms with Gasteiger partial charge in [-0.3, -0.25) is 0 Å². The van der Waals surface area contributed by atoms with Crippen LogP contribution in [-0.2, 0) is 19.1 Å². The van der Waals surface area contributed by atoms with Gasteiger partial charge in [0.25, 0.3) is 0 Å². The Morgan fingerprint density at radius 1 is 0.634 bits per heavy atom. The van der Waals surface area contributed by atoms with Crippen molar-refractivity contribution < 1.29 is 32.9 Å². The van der Waals surface area contributed by atoms with Crippen LogP contribution in [0.1, 0.15) is 36.1 Å². The standard InChI is InChI=1S/C34H29FO6/c1-24(2)33(36)40-19-17-38-30-9-5-7-26(21-30)11-12-28-14-16-29(32(35)23-28)15-13-27-8-6-10-31(22-27)39-18-20-41-34(37)25(3)4/h5-23H,1,3H2,2,4H3/b12-11+,15-13+,19-17-,20-18-. The molecule has 0 heterocycles. The van der Waals surface area contributed by atoms with Gasteiger partial charge in [0.2, 0.25) is 0 Å². The zero-order chi connectivity index (χ0) is 29.6. The van der Waals surface area contributed by atoms with Crippen LogP contribution >= 0.6 is 0 Å². The molecule has 0 aliphatic carbocycles. The molecule has 3 aromatic rings. The van der Waals surface area contributed by atoms with Gasteiger partial charge in [-0.1, -0.05) is 73.9 Å². The van der Waals surface area contributed by atoms with E-state index in [1.54, 1.807) is 68.5 Å². The largest absolute Gasteiger partial charge is 0.462 e. The molecule has 0 fully saturated rings. The first kappa shape index (κ1) is 30.1. The lowest BCUT2D eigenvalue weighted by molar-refractivity contribution is -0.134. The molecule has 41 heavy (non-hydrogen) atoms. The molecule has 0 radical (unpaired) electrons. The van der Waals surface area contributed by atoms with Crippen molar-refractivity contribution in [2.24, 2.45) is 0 Å². The van der Waals surface area contributed by atoms with Gasteiger partial charge in [-0.05, 0) is 60.9 Å². The average molecular weight is 553 g/mol. The third-order valence-corrected chi connectivity index (χ3v) is 5.23. The van der Waals surface area contributed by atoms with Crippen molar-refractivity contribution >= 4 is 36.2 Å². The van der Waals surface area contributed by atoms with Crippen molar-refractivity contribution in [2.45, 2.75) is 13.8 Å². The Morgan fingerprint density at radius 2 is 1.10 bits per heavy atom. The maximum absolute atomic E-state index is 14.8. The summed E-state index contributed by atoms with van der Waals surface area (Å²) in [6.45, 7) is 10.1. The van der Waals surface area contributed by atoms with Crippen LogP contribution in [0.15, 0.2) is 116 Å². The van der Waals surface area contributed by atoms with E-state index in [4.69, 9.17) is 18.9 Å². The zero-order valence-electron chi connectivity index (χ0n) is 22.7. The number of carbonyl (C=O) groups excluding carboxylic acids is 2. The summed E-state index contributed by atoms with van der Waals surface area (Å²) in [4.78, 5) is 22.7. The number of hydrogen-bond donors (Lipinski definition) is 0. The van der Waals surface area contributed by atoms with Crippen LogP contribution in [-0.4, -0.2) is 11.9 Å². The lowest BCUT2D eigenvalue weighted by atomic mass is 10.1. The van der Waals surface area contributed by atoms with Gasteiger partial charge in [0.1, 0.15) is 42.4 Å². The number of hydrogen-bond acceptors (Lipinski definition) is 6. The molecule has 0 aliphatic rings. The zero-order valence-corrected chi connectivity index (χ0v) is 22.7. The molecule has 0 N–H and O–H groups in total. The molecule has 3 rings (SSSR count). The predicted molar refractivity (Wildman–Crippen MR) is 158 cm³/mol. The maximum atomic E-state index is 14.8. The highest BCUT2D eigenvalue weighted by Gasteiger charge is 2.02. The molecule has 0 amide bonds. The number of carbonyl (C=O) groups is 2. The first-order valence-corrected chi connectivity index (χ1v) is 12.4. The van der Waals surface area contributed by atoms with Crippen LogP contribution in [0.25, 0.3) is 24.3 Å². The van der Waals surface area contributed by atoms with Gasteiger partial charge in [-0.2, -0.15) is 0 Å². The Bertz CT molecular complexity index is 1540. The van der Waals surface area contributed by atoms with E-state index in [9.17, 15) is 14.0 Å². The van der Waals surface area contributed by atoms with Crippen molar-refractivity contribution in [3.63, 3.8) is 0 Å². The summed E-state index contributed by atoms with van der Waals surface area (Å²) in [5.74, 6) is -0.390. The molecule has 3 aromatic carbocycles. The van der Waals surface area contributed by atoms with Crippen molar-refractivity contribution in [2.75, 3.05) is 0 Å². The molecule has 0 saturated carbocycles. The second-order valence-corrected chi connectivity index (χ2v) is 8.74. The van der Waals surface area contributed by atoms with Crippen LogP contribution in [0.2, 0.25) is 0 Å². The molecule has 0 saturated heterocycles. The third-order valence-electron chi connectivity index (χ3n) is 5.23. The summed E-state index contributed by atoms with van der Waals surface area (Å²) in [5.41, 5.74) is 3.31. The fraction of sp³-hybridized carbons (Fsp3) is 0.0588. The van der Waals surface area contributed by atoms with E-state index in [2.05, 4.69) is 13.2 Å². The van der Waals surface area contributed by atoms with E-state index in [1.807, 2.05) is 30.3 Å². The summed E-state index contributed by atoms with van der Waals surface area (Å²) in [7, 11) is 0.